The number of benzene rings is 3. The van der Waals surface area contributed by atoms with Gasteiger partial charge in [-0.3, -0.25) is 9.36 Å². The van der Waals surface area contributed by atoms with E-state index in [-0.39, 0.29) is 12.2 Å². The third-order valence-corrected chi connectivity index (χ3v) is 8.26. The van der Waals surface area contributed by atoms with Gasteiger partial charge in [0, 0.05) is 16.0 Å². The number of fused-ring (bicyclic) bond motifs is 1. The first-order valence-electron chi connectivity index (χ1n) is 12.6. The Balaban J connectivity index is 1.82. The first-order chi connectivity index (χ1) is 19.5. The molecule has 0 bridgehead atoms. The summed E-state index contributed by atoms with van der Waals surface area (Å²) in [5.74, 6) is 0.739. The molecule has 1 atom stereocenters. The highest BCUT2D eigenvalue weighted by Crippen LogP contribution is 2.35. The van der Waals surface area contributed by atoms with Crippen LogP contribution in [0.15, 0.2) is 93.1 Å². The fourth-order valence-electron chi connectivity index (χ4n) is 4.64. The highest BCUT2D eigenvalue weighted by molar-refractivity contribution is 7.98. The summed E-state index contributed by atoms with van der Waals surface area (Å²) in [6.07, 6.45) is 3.78. The lowest BCUT2D eigenvalue weighted by Crippen LogP contribution is -2.40. The quantitative estimate of drug-likeness (QED) is 0.226. The van der Waals surface area contributed by atoms with Crippen LogP contribution >= 0.6 is 23.1 Å². The molecule has 0 amide bonds. The summed E-state index contributed by atoms with van der Waals surface area (Å²) in [6.45, 7) is 1.96. The number of thiazole rings is 1. The Hall–Kier alpha value is -4.08. The molecule has 7 nitrogen and oxygen atoms in total. The Kier molecular flexibility index (Phi) is 8.23. The first kappa shape index (κ1) is 27.5. The second-order valence-electron chi connectivity index (χ2n) is 8.81. The Morgan fingerprint density at radius 3 is 2.45 bits per heavy atom. The molecule has 5 rings (SSSR count). The molecule has 0 saturated carbocycles. The van der Waals surface area contributed by atoms with Crippen molar-refractivity contribution in [3.63, 3.8) is 0 Å². The molecular weight excluding hydrogens is 544 g/mol. The van der Waals surface area contributed by atoms with Gasteiger partial charge < -0.3 is 14.2 Å². The predicted molar refractivity (Wildman–Crippen MR) is 159 cm³/mol. The van der Waals surface area contributed by atoms with Crippen LogP contribution in [0.5, 0.6) is 11.5 Å². The van der Waals surface area contributed by atoms with Crippen LogP contribution in [0.2, 0.25) is 0 Å². The molecule has 0 N–H and O–H groups in total. The summed E-state index contributed by atoms with van der Waals surface area (Å²) in [5, 5.41) is 0. The van der Waals surface area contributed by atoms with Gasteiger partial charge in [-0.25, -0.2) is 9.79 Å². The summed E-state index contributed by atoms with van der Waals surface area (Å²) in [7, 11) is 3.17. The zero-order valence-electron chi connectivity index (χ0n) is 22.5. The van der Waals surface area contributed by atoms with Gasteiger partial charge in [0.05, 0.1) is 42.7 Å². The van der Waals surface area contributed by atoms with Crippen molar-refractivity contribution in [1.29, 1.82) is 0 Å². The second-order valence-corrected chi connectivity index (χ2v) is 10.7. The molecule has 0 fully saturated rings. The molecule has 1 aliphatic rings. The molecule has 1 unspecified atom stereocenters. The van der Waals surface area contributed by atoms with Gasteiger partial charge >= 0.3 is 5.97 Å². The van der Waals surface area contributed by atoms with Gasteiger partial charge in [-0.05, 0) is 55.2 Å². The maximum atomic E-state index is 14.1. The lowest BCUT2D eigenvalue weighted by Gasteiger charge is -2.26. The third kappa shape index (κ3) is 5.22. The van der Waals surface area contributed by atoms with Crippen molar-refractivity contribution in [3.8, 4) is 11.5 Å². The SMILES string of the molecule is CCOC(=O)C1=C(c2ccccc2)N=c2s/c(=C/c3cc(OC)ccc3OC)c(=O)n2C1c1ccc(SC)cc1. The van der Waals surface area contributed by atoms with Crippen molar-refractivity contribution in [2.24, 2.45) is 4.99 Å². The van der Waals surface area contributed by atoms with E-state index in [9.17, 15) is 9.59 Å². The van der Waals surface area contributed by atoms with Crippen molar-refractivity contribution < 1.29 is 19.0 Å². The van der Waals surface area contributed by atoms with Crippen molar-refractivity contribution in [2.75, 3.05) is 27.1 Å². The monoisotopic (exact) mass is 572 g/mol. The van der Waals surface area contributed by atoms with Crippen LogP contribution in [0.4, 0.5) is 0 Å². The normalized spacial score (nSPS) is 14.9. The number of aromatic nitrogens is 1. The van der Waals surface area contributed by atoms with Crippen molar-refractivity contribution in [2.45, 2.75) is 17.9 Å². The van der Waals surface area contributed by atoms with Crippen LogP contribution in [0.3, 0.4) is 0 Å². The summed E-state index contributed by atoms with van der Waals surface area (Å²) in [4.78, 5) is 34.1. The minimum absolute atomic E-state index is 0.197. The lowest BCUT2D eigenvalue weighted by atomic mass is 9.93. The van der Waals surface area contributed by atoms with E-state index in [2.05, 4.69) is 0 Å². The van der Waals surface area contributed by atoms with E-state index in [4.69, 9.17) is 19.2 Å². The highest BCUT2D eigenvalue weighted by Gasteiger charge is 2.35. The zero-order valence-corrected chi connectivity index (χ0v) is 24.2. The zero-order chi connectivity index (χ0) is 28.2. The summed E-state index contributed by atoms with van der Waals surface area (Å²) >= 11 is 2.88. The Labute approximate surface area is 240 Å². The standard InChI is InChI=1S/C31H28N2O5S2/c1-5-38-30(35)26-27(19-9-7-6-8-10-19)32-31-33(28(26)20-11-14-23(39-4)15-12-20)29(34)25(40-31)18-21-17-22(36-2)13-16-24(21)37-3/h6-18,28H,5H2,1-4H3/b25-18+. The molecule has 40 heavy (non-hydrogen) atoms. The van der Waals surface area contributed by atoms with Gasteiger partial charge in [0.15, 0.2) is 4.80 Å². The van der Waals surface area contributed by atoms with E-state index >= 15 is 0 Å². The molecule has 2 heterocycles. The molecule has 1 aromatic heterocycles. The average Bonchev–Trinajstić information content (AvgIpc) is 3.31. The summed E-state index contributed by atoms with van der Waals surface area (Å²) in [5.41, 5.74) is 2.80. The van der Waals surface area contributed by atoms with Crippen LogP contribution in [-0.2, 0) is 9.53 Å². The van der Waals surface area contributed by atoms with Crippen molar-refractivity contribution in [1.82, 2.24) is 4.57 Å². The molecule has 1 aliphatic heterocycles. The van der Waals surface area contributed by atoms with Gasteiger partial charge in [-0.15, -0.1) is 11.8 Å². The fourth-order valence-corrected chi connectivity index (χ4v) is 6.04. The summed E-state index contributed by atoms with van der Waals surface area (Å²) in [6, 6.07) is 22.1. The van der Waals surface area contributed by atoms with Gasteiger partial charge in [0.25, 0.3) is 5.56 Å². The predicted octanol–water partition coefficient (Wildman–Crippen LogP) is 4.67. The minimum Gasteiger partial charge on any atom is -0.497 e. The van der Waals surface area contributed by atoms with Crippen molar-refractivity contribution in [3.05, 3.63) is 115 Å². The van der Waals surface area contributed by atoms with Crippen LogP contribution in [-0.4, -0.2) is 37.6 Å². The minimum atomic E-state index is -0.726. The van der Waals surface area contributed by atoms with Gasteiger partial charge in [0.2, 0.25) is 0 Å². The Morgan fingerprint density at radius 1 is 1.05 bits per heavy atom. The number of carbonyl (C=O) groups is 1. The van der Waals surface area contributed by atoms with E-state index in [1.165, 1.54) is 11.3 Å². The largest absolute Gasteiger partial charge is 0.497 e. The lowest BCUT2D eigenvalue weighted by molar-refractivity contribution is -0.138. The van der Waals surface area contributed by atoms with Gasteiger partial charge in [-0.1, -0.05) is 53.8 Å². The van der Waals surface area contributed by atoms with E-state index in [1.54, 1.807) is 55.7 Å². The fraction of sp³-hybridized carbons (Fsp3) is 0.194. The maximum Gasteiger partial charge on any atom is 0.338 e. The average molecular weight is 573 g/mol. The van der Waals surface area contributed by atoms with Gasteiger partial charge in [-0.2, -0.15) is 0 Å². The molecule has 0 spiro atoms. The molecule has 3 aromatic carbocycles. The van der Waals surface area contributed by atoms with E-state index < -0.39 is 12.0 Å². The molecule has 0 radical (unpaired) electrons. The molecule has 9 heteroatoms. The number of methoxy groups -OCH3 is 2. The maximum absolute atomic E-state index is 14.1. The van der Waals surface area contributed by atoms with E-state index in [0.717, 1.165) is 16.0 Å². The van der Waals surface area contributed by atoms with E-state index in [0.29, 0.717) is 37.7 Å². The van der Waals surface area contributed by atoms with Crippen LogP contribution < -0.4 is 24.4 Å². The number of nitrogens with zero attached hydrogens (tertiary/aromatic N) is 2. The second kappa shape index (κ2) is 12.0. The van der Waals surface area contributed by atoms with Crippen molar-refractivity contribution >= 4 is 40.8 Å². The Bertz CT molecular complexity index is 1760. The third-order valence-electron chi connectivity index (χ3n) is 6.53. The number of hydrogen-bond acceptors (Lipinski definition) is 8. The number of thioether (sulfide) groups is 1. The Morgan fingerprint density at radius 2 is 1.80 bits per heavy atom. The number of hydrogen-bond donors (Lipinski definition) is 0. The molecule has 4 aromatic rings. The molecule has 0 saturated heterocycles. The number of esters is 1. The highest BCUT2D eigenvalue weighted by atomic mass is 32.2. The number of carbonyl (C=O) groups excluding carboxylic acids is 1. The molecule has 0 aliphatic carbocycles. The number of ether oxygens (including phenoxy) is 3. The molecular formula is C31H28N2O5S2. The van der Waals surface area contributed by atoms with E-state index in [1.807, 2.05) is 66.9 Å². The number of rotatable bonds is 8. The van der Waals surface area contributed by atoms with Crippen LogP contribution in [0, 0.1) is 0 Å². The topological polar surface area (TPSA) is 79.1 Å². The first-order valence-corrected chi connectivity index (χ1v) is 14.7. The molecule has 204 valence electrons. The van der Waals surface area contributed by atoms with Gasteiger partial charge in [0.1, 0.15) is 11.5 Å². The van der Waals surface area contributed by atoms with Crippen LogP contribution in [0.25, 0.3) is 11.8 Å². The summed E-state index contributed by atoms with van der Waals surface area (Å²) < 4.78 is 18.5. The van der Waals surface area contributed by atoms with Crippen LogP contribution in [0.1, 0.15) is 29.7 Å². The smallest absolute Gasteiger partial charge is 0.338 e.